The summed E-state index contributed by atoms with van der Waals surface area (Å²) >= 11 is 5.14. The minimum Gasteiger partial charge on any atom is -0.497 e. The van der Waals surface area contributed by atoms with Crippen LogP contribution in [0.5, 0.6) is 11.5 Å². The summed E-state index contributed by atoms with van der Waals surface area (Å²) in [5, 5.41) is 0. The fourth-order valence-electron chi connectivity index (χ4n) is 1.70. The molecular weight excluding hydrogens is 236 g/mol. The van der Waals surface area contributed by atoms with E-state index in [4.69, 9.17) is 21.7 Å². The Morgan fingerprint density at radius 2 is 2.00 bits per heavy atom. The number of rotatable bonds is 3. The Hall–Kier alpha value is -1.75. The molecule has 0 amide bonds. The van der Waals surface area contributed by atoms with Gasteiger partial charge in [-0.2, -0.15) is 0 Å². The summed E-state index contributed by atoms with van der Waals surface area (Å²) in [6.07, 6.45) is 1.87. The number of hydrogen-bond donors (Lipinski definition) is 1. The zero-order valence-electron chi connectivity index (χ0n) is 9.98. The third-order valence-corrected chi connectivity index (χ3v) is 3.07. The molecule has 0 unspecified atom stereocenters. The van der Waals surface area contributed by atoms with Crippen LogP contribution in [0.25, 0.3) is 11.3 Å². The van der Waals surface area contributed by atoms with Crippen LogP contribution < -0.4 is 9.47 Å². The standard InChI is InChI=1S/C12H14N2O2S/c1-14-10(7-13-12(14)17)9-5-4-8(15-2)6-11(9)16-3/h4-7H,1-3H3,(H,13,17). The molecule has 0 saturated carbocycles. The van der Waals surface area contributed by atoms with Gasteiger partial charge in [0, 0.05) is 24.9 Å². The number of benzene rings is 1. The molecule has 0 bridgehead atoms. The molecule has 1 heterocycles. The van der Waals surface area contributed by atoms with E-state index in [0.717, 1.165) is 22.8 Å². The third kappa shape index (κ3) is 2.06. The van der Waals surface area contributed by atoms with Gasteiger partial charge in [0.2, 0.25) is 0 Å². The van der Waals surface area contributed by atoms with Gasteiger partial charge in [0.05, 0.1) is 19.9 Å². The highest BCUT2D eigenvalue weighted by Crippen LogP contribution is 2.32. The Bertz CT molecular complexity index is 586. The van der Waals surface area contributed by atoms with Crippen LogP contribution in [0, 0.1) is 4.77 Å². The number of ether oxygens (including phenoxy) is 2. The number of imidazole rings is 1. The highest BCUT2D eigenvalue weighted by molar-refractivity contribution is 7.71. The summed E-state index contributed by atoms with van der Waals surface area (Å²) in [5.41, 5.74) is 1.96. The van der Waals surface area contributed by atoms with Gasteiger partial charge in [-0.15, -0.1) is 0 Å². The largest absolute Gasteiger partial charge is 0.497 e. The van der Waals surface area contributed by atoms with Gasteiger partial charge in [-0.05, 0) is 24.4 Å². The van der Waals surface area contributed by atoms with Crippen LogP contribution in [-0.4, -0.2) is 23.8 Å². The zero-order valence-corrected chi connectivity index (χ0v) is 10.8. The number of nitrogens with one attached hydrogen (secondary N) is 1. The summed E-state index contributed by atoms with van der Waals surface area (Å²) in [5.74, 6) is 1.52. The van der Waals surface area contributed by atoms with Crippen molar-refractivity contribution in [2.45, 2.75) is 0 Å². The molecule has 0 saturated heterocycles. The molecule has 0 aliphatic carbocycles. The zero-order chi connectivity index (χ0) is 12.4. The first-order chi connectivity index (χ1) is 8.17. The van der Waals surface area contributed by atoms with Crippen molar-refractivity contribution in [2.24, 2.45) is 7.05 Å². The van der Waals surface area contributed by atoms with Crippen LogP contribution in [0.4, 0.5) is 0 Å². The molecule has 4 nitrogen and oxygen atoms in total. The van der Waals surface area contributed by atoms with Crippen molar-refractivity contribution >= 4 is 12.2 Å². The van der Waals surface area contributed by atoms with E-state index >= 15 is 0 Å². The van der Waals surface area contributed by atoms with Crippen LogP contribution >= 0.6 is 12.2 Å². The molecule has 0 spiro atoms. The van der Waals surface area contributed by atoms with Gasteiger partial charge in [0.15, 0.2) is 4.77 Å². The van der Waals surface area contributed by atoms with Crippen LogP contribution in [0.1, 0.15) is 0 Å². The summed E-state index contributed by atoms with van der Waals surface area (Å²) in [4.78, 5) is 3.01. The number of aromatic amines is 1. The monoisotopic (exact) mass is 250 g/mol. The summed E-state index contributed by atoms with van der Waals surface area (Å²) in [7, 11) is 5.18. The average molecular weight is 250 g/mol. The lowest BCUT2D eigenvalue weighted by Gasteiger charge is -2.10. The van der Waals surface area contributed by atoms with E-state index in [1.54, 1.807) is 14.2 Å². The Morgan fingerprint density at radius 1 is 1.24 bits per heavy atom. The molecule has 90 valence electrons. The molecule has 17 heavy (non-hydrogen) atoms. The fourth-order valence-corrected chi connectivity index (χ4v) is 1.86. The second-order valence-electron chi connectivity index (χ2n) is 3.60. The SMILES string of the molecule is COc1ccc(-c2c[nH]c(=S)n2C)c(OC)c1. The lowest BCUT2D eigenvalue weighted by molar-refractivity contribution is 0.395. The smallest absolute Gasteiger partial charge is 0.177 e. The first-order valence-electron chi connectivity index (χ1n) is 5.14. The topological polar surface area (TPSA) is 39.2 Å². The van der Waals surface area contributed by atoms with Gasteiger partial charge in [-0.3, -0.25) is 0 Å². The number of hydrogen-bond acceptors (Lipinski definition) is 3. The number of H-pyrrole nitrogens is 1. The van der Waals surface area contributed by atoms with E-state index in [1.165, 1.54) is 0 Å². The van der Waals surface area contributed by atoms with E-state index in [9.17, 15) is 0 Å². The molecule has 2 rings (SSSR count). The maximum absolute atomic E-state index is 5.37. The Labute approximate surface area is 105 Å². The summed E-state index contributed by atoms with van der Waals surface area (Å²) in [6.45, 7) is 0. The molecule has 0 aliphatic heterocycles. The second kappa shape index (κ2) is 4.63. The third-order valence-electron chi connectivity index (χ3n) is 2.68. The first kappa shape index (κ1) is 11.7. The van der Waals surface area contributed by atoms with Crippen LogP contribution in [0.3, 0.4) is 0 Å². The highest BCUT2D eigenvalue weighted by atomic mass is 32.1. The van der Waals surface area contributed by atoms with Crippen LogP contribution in [0.15, 0.2) is 24.4 Å². The molecule has 0 atom stereocenters. The molecule has 0 aliphatic rings. The molecule has 0 fully saturated rings. The van der Waals surface area contributed by atoms with Crippen molar-refractivity contribution in [3.63, 3.8) is 0 Å². The quantitative estimate of drug-likeness (QED) is 0.851. The molecule has 1 aromatic heterocycles. The van der Waals surface area contributed by atoms with Gasteiger partial charge in [0.1, 0.15) is 11.5 Å². The summed E-state index contributed by atoms with van der Waals surface area (Å²) in [6, 6.07) is 5.70. The van der Waals surface area contributed by atoms with E-state index in [1.807, 2.05) is 36.0 Å². The molecule has 1 aromatic carbocycles. The Morgan fingerprint density at radius 3 is 2.53 bits per heavy atom. The Balaban J connectivity index is 2.59. The van der Waals surface area contributed by atoms with Gasteiger partial charge >= 0.3 is 0 Å². The number of methoxy groups -OCH3 is 2. The lowest BCUT2D eigenvalue weighted by Crippen LogP contribution is -1.95. The maximum atomic E-state index is 5.37. The maximum Gasteiger partial charge on any atom is 0.177 e. The minimum atomic E-state index is 0.679. The van der Waals surface area contributed by atoms with Gasteiger partial charge in [0.25, 0.3) is 0 Å². The van der Waals surface area contributed by atoms with E-state index in [-0.39, 0.29) is 0 Å². The van der Waals surface area contributed by atoms with Crippen LogP contribution in [-0.2, 0) is 7.05 Å². The van der Waals surface area contributed by atoms with Crippen LogP contribution in [0.2, 0.25) is 0 Å². The molecular formula is C12H14N2O2S. The highest BCUT2D eigenvalue weighted by Gasteiger charge is 2.10. The Kier molecular flexibility index (Phi) is 3.19. The minimum absolute atomic E-state index is 0.679. The van der Waals surface area contributed by atoms with Crippen molar-refractivity contribution in [2.75, 3.05) is 14.2 Å². The van der Waals surface area contributed by atoms with E-state index in [2.05, 4.69) is 4.98 Å². The first-order valence-corrected chi connectivity index (χ1v) is 5.55. The number of nitrogens with zero attached hydrogens (tertiary/aromatic N) is 1. The van der Waals surface area contributed by atoms with Crippen molar-refractivity contribution < 1.29 is 9.47 Å². The fraction of sp³-hybridized carbons (Fsp3) is 0.250. The second-order valence-corrected chi connectivity index (χ2v) is 3.99. The predicted molar refractivity (Wildman–Crippen MR) is 69.1 cm³/mol. The van der Waals surface area contributed by atoms with E-state index < -0.39 is 0 Å². The van der Waals surface area contributed by atoms with E-state index in [0.29, 0.717) is 4.77 Å². The molecule has 5 heteroatoms. The number of aromatic nitrogens is 2. The van der Waals surface area contributed by atoms with Crippen molar-refractivity contribution in [3.8, 4) is 22.8 Å². The van der Waals surface area contributed by atoms with Gasteiger partial charge in [-0.25, -0.2) is 0 Å². The van der Waals surface area contributed by atoms with Gasteiger partial charge in [-0.1, -0.05) is 0 Å². The average Bonchev–Trinajstić information content (AvgIpc) is 2.69. The lowest BCUT2D eigenvalue weighted by atomic mass is 10.1. The predicted octanol–water partition coefficient (Wildman–Crippen LogP) is 2.77. The molecule has 0 radical (unpaired) electrons. The normalized spacial score (nSPS) is 10.3. The van der Waals surface area contributed by atoms with Gasteiger partial charge < -0.3 is 19.0 Å². The van der Waals surface area contributed by atoms with Crippen molar-refractivity contribution in [1.82, 2.24) is 9.55 Å². The molecule has 1 N–H and O–H groups in total. The molecule has 2 aromatic rings. The van der Waals surface area contributed by atoms with Crippen molar-refractivity contribution in [1.29, 1.82) is 0 Å². The summed E-state index contributed by atoms with van der Waals surface area (Å²) < 4.78 is 13.1. The van der Waals surface area contributed by atoms with Crippen molar-refractivity contribution in [3.05, 3.63) is 29.2 Å².